The highest BCUT2D eigenvalue weighted by Gasteiger charge is 2.37. The molecule has 0 spiro atoms. The van der Waals surface area contributed by atoms with Crippen LogP contribution in [-0.2, 0) is 19.7 Å². The van der Waals surface area contributed by atoms with Crippen molar-refractivity contribution in [1.29, 1.82) is 0 Å². The number of aromatic nitrogens is 3. The van der Waals surface area contributed by atoms with Gasteiger partial charge in [0.1, 0.15) is 0 Å². The molecule has 1 amide bonds. The van der Waals surface area contributed by atoms with Gasteiger partial charge in [-0.15, -0.1) is 0 Å². The van der Waals surface area contributed by atoms with Gasteiger partial charge in [0.2, 0.25) is 0 Å². The van der Waals surface area contributed by atoms with E-state index in [1.54, 1.807) is 80.7 Å². The summed E-state index contributed by atoms with van der Waals surface area (Å²) in [5, 5.41) is 13.4. The molecule has 192 valence electrons. The van der Waals surface area contributed by atoms with Gasteiger partial charge in [-0.3, -0.25) is 9.59 Å². The fourth-order valence-electron chi connectivity index (χ4n) is 4.86. The number of aliphatic hydroxyl groups is 1. The minimum Gasteiger partial charge on any atom is -0.374 e. The molecule has 0 bridgehead atoms. The third-order valence-electron chi connectivity index (χ3n) is 7.04. The fourth-order valence-corrected chi connectivity index (χ4v) is 4.98. The van der Waals surface area contributed by atoms with Crippen LogP contribution in [0.3, 0.4) is 0 Å². The van der Waals surface area contributed by atoms with Crippen molar-refractivity contribution in [2.24, 2.45) is 14.1 Å². The van der Waals surface area contributed by atoms with E-state index in [1.807, 2.05) is 31.2 Å². The summed E-state index contributed by atoms with van der Waals surface area (Å²) >= 11 is 6.15. The highest BCUT2D eigenvalue weighted by Crippen LogP contribution is 2.38. The van der Waals surface area contributed by atoms with E-state index in [0.717, 1.165) is 5.56 Å². The summed E-state index contributed by atoms with van der Waals surface area (Å²) in [5.74, 6) is -0.328. The molecule has 0 aliphatic heterocycles. The van der Waals surface area contributed by atoms with Gasteiger partial charge in [-0.25, -0.2) is 4.98 Å². The molecular formula is C30H27ClN4O3. The molecule has 0 aliphatic rings. The Labute approximate surface area is 225 Å². The maximum Gasteiger partial charge on any atom is 0.258 e. The van der Waals surface area contributed by atoms with E-state index in [-0.39, 0.29) is 17.0 Å². The van der Waals surface area contributed by atoms with Gasteiger partial charge < -0.3 is 19.1 Å². The number of amides is 1. The molecule has 5 aromatic rings. The lowest BCUT2D eigenvalue weighted by atomic mass is 9.82. The Morgan fingerprint density at radius 1 is 1.00 bits per heavy atom. The second kappa shape index (κ2) is 9.59. The van der Waals surface area contributed by atoms with E-state index < -0.39 is 5.60 Å². The monoisotopic (exact) mass is 526 g/mol. The summed E-state index contributed by atoms with van der Waals surface area (Å²) in [6.07, 6.45) is 3.23. The van der Waals surface area contributed by atoms with Crippen molar-refractivity contribution in [2.45, 2.75) is 12.5 Å². The summed E-state index contributed by atoms with van der Waals surface area (Å²) in [7, 11) is 5.15. The number of hydrogen-bond donors (Lipinski definition) is 1. The Balaban J connectivity index is 1.75. The second-order valence-electron chi connectivity index (χ2n) is 9.50. The van der Waals surface area contributed by atoms with Crippen LogP contribution in [-0.4, -0.2) is 32.2 Å². The molecule has 0 saturated carbocycles. The van der Waals surface area contributed by atoms with Crippen LogP contribution < -0.4 is 10.5 Å². The minimum absolute atomic E-state index is 0.248. The van der Waals surface area contributed by atoms with E-state index in [4.69, 9.17) is 11.6 Å². The molecule has 38 heavy (non-hydrogen) atoms. The number of carbonyl (C=O) groups is 1. The molecule has 2 aromatic heterocycles. The lowest BCUT2D eigenvalue weighted by Crippen LogP contribution is -2.32. The van der Waals surface area contributed by atoms with E-state index in [9.17, 15) is 14.7 Å². The summed E-state index contributed by atoms with van der Waals surface area (Å²) in [6.45, 7) is 1.96. The molecule has 1 atom stereocenters. The molecular weight excluding hydrogens is 500 g/mol. The molecule has 8 heteroatoms. The molecule has 3 aromatic carbocycles. The highest BCUT2D eigenvalue weighted by atomic mass is 35.5. The topological polar surface area (TPSA) is 80.4 Å². The Bertz CT molecular complexity index is 1740. The van der Waals surface area contributed by atoms with Gasteiger partial charge in [-0.05, 0) is 60.0 Å². The van der Waals surface area contributed by atoms with Gasteiger partial charge in [-0.2, -0.15) is 0 Å². The summed E-state index contributed by atoms with van der Waals surface area (Å²) in [5.41, 5.74) is 2.28. The van der Waals surface area contributed by atoms with Crippen LogP contribution in [0.2, 0.25) is 5.02 Å². The van der Waals surface area contributed by atoms with Crippen LogP contribution in [0.1, 0.15) is 32.7 Å². The molecule has 1 N–H and O–H groups in total. The largest absolute Gasteiger partial charge is 0.374 e. The van der Waals surface area contributed by atoms with Crippen molar-refractivity contribution in [1.82, 2.24) is 14.1 Å². The quantitative estimate of drug-likeness (QED) is 0.357. The van der Waals surface area contributed by atoms with Crippen molar-refractivity contribution in [3.05, 3.63) is 129 Å². The number of anilines is 1. The molecule has 1 unspecified atom stereocenters. The zero-order chi connectivity index (χ0) is 27.2. The highest BCUT2D eigenvalue weighted by molar-refractivity contribution is 6.30. The molecule has 0 saturated heterocycles. The Morgan fingerprint density at radius 3 is 2.37 bits per heavy atom. The van der Waals surface area contributed by atoms with Gasteiger partial charge >= 0.3 is 0 Å². The van der Waals surface area contributed by atoms with Crippen LogP contribution >= 0.6 is 11.6 Å². The summed E-state index contributed by atoms with van der Waals surface area (Å²) < 4.78 is 3.24. The zero-order valence-corrected chi connectivity index (χ0v) is 22.3. The average Bonchev–Trinajstić information content (AvgIpc) is 3.35. The maximum atomic E-state index is 13.8. The molecule has 0 aliphatic carbocycles. The summed E-state index contributed by atoms with van der Waals surface area (Å²) in [6, 6.07) is 21.2. The van der Waals surface area contributed by atoms with Crippen molar-refractivity contribution in [3.63, 3.8) is 0 Å². The maximum absolute atomic E-state index is 13.8. The van der Waals surface area contributed by atoms with Crippen molar-refractivity contribution >= 4 is 34.1 Å². The first-order valence-corrected chi connectivity index (χ1v) is 12.4. The van der Waals surface area contributed by atoms with Crippen LogP contribution in [0.5, 0.6) is 0 Å². The first-order valence-electron chi connectivity index (χ1n) is 12.1. The number of hydrogen-bond acceptors (Lipinski definition) is 4. The van der Waals surface area contributed by atoms with Gasteiger partial charge in [0.05, 0.1) is 29.3 Å². The molecule has 7 nitrogen and oxygen atoms in total. The first kappa shape index (κ1) is 25.4. The number of rotatable bonds is 5. The zero-order valence-electron chi connectivity index (χ0n) is 21.5. The predicted octanol–water partition coefficient (Wildman–Crippen LogP) is 4.79. The number of aryl methyl sites for hydroxylation is 3. The van der Waals surface area contributed by atoms with Crippen LogP contribution in [0.4, 0.5) is 5.69 Å². The van der Waals surface area contributed by atoms with Crippen LogP contribution in [0.15, 0.2) is 90.1 Å². The number of carbonyl (C=O) groups excluding carboxylic acids is 1. The van der Waals surface area contributed by atoms with Gasteiger partial charge in [0.15, 0.2) is 5.60 Å². The van der Waals surface area contributed by atoms with E-state index >= 15 is 0 Å². The van der Waals surface area contributed by atoms with Gasteiger partial charge in [0, 0.05) is 43.3 Å². The van der Waals surface area contributed by atoms with Crippen molar-refractivity contribution < 1.29 is 9.90 Å². The molecule has 2 heterocycles. The SMILES string of the molecule is Cc1cccc(N(C)C(=O)c2cc(=O)n(C)c3ccc(C(O)(c4ccc(Cl)cc4)c4cncn4C)cc23)c1. The number of halogens is 1. The van der Waals surface area contributed by atoms with Gasteiger partial charge in [-0.1, -0.05) is 41.9 Å². The van der Waals surface area contributed by atoms with Crippen LogP contribution in [0.25, 0.3) is 10.9 Å². The number of benzene rings is 3. The summed E-state index contributed by atoms with van der Waals surface area (Å²) in [4.78, 5) is 32.4. The first-order chi connectivity index (χ1) is 18.1. The number of imidazole rings is 1. The van der Waals surface area contributed by atoms with Crippen LogP contribution in [0, 0.1) is 6.92 Å². The lowest BCUT2D eigenvalue weighted by Gasteiger charge is -2.30. The Kier molecular flexibility index (Phi) is 6.42. The molecule has 0 radical (unpaired) electrons. The van der Waals surface area contributed by atoms with Crippen molar-refractivity contribution in [2.75, 3.05) is 11.9 Å². The average molecular weight is 527 g/mol. The molecule has 0 fully saturated rings. The van der Waals surface area contributed by atoms with E-state index in [1.165, 1.54) is 15.5 Å². The lowest BCUT2D eigenvalue weighted by molar-refractivity contribution is 0.0994. The molecule has 5 rings (SSSR count). The fraction of sp³-hybridized carbons (Fsp3) is 0.167. The van der Waals surface area contributed by atoms with Crippen molar-refractivity contribution in [3.8, 4) is 0 Å². The Morgan fingerprint density at radius 2 is 1.71 bits per heavy atom. The third-order valence-corrected chi connectivity index (χ3v) is 7.29. The van der Waals surface area contributed by atoms with E-state index in [0.29, 0.717) is 38.4 Å². The van der Waals surface area contributed by atoms with Gasteiger partial charge in [0.25, 0.3) is 11.5 Å². The second-order valence-corrected chi connectivity index (χ2v) is 9.93. The van der Waals surface area contributed by atoms with E-state index in [2.05, 4.69) is 4.98 Å². The minimum atomic E-state index is -1.61. The number of nitrogens with zero attached hydrogens (tertiary/aromatic N) is 4. The standard InChI is InChI=1S/C30H27ClN4O3/c1-19-6-5-7-23(14-19)34(3)29(37)25-16-28(36)35(4)26-13-10-21(15-24(25)26)30(38,27-17-32-18-33(27)2)20-8-11-22(31)12-9-20/h5-18,38H,1-4H3. The smallest absolute Gasteiger partial charge is 0.258 e. The number of fused-ring (bicyclic) bond motifs is 1. The normalized spacial score (nSPS) is 12.9. The third kappa shape index (κ3) is 4.20. The predicted molar refractivity (Wildman–Crippen MR) is 150 cm³/mol. The Hall–Kier alpha value is -4.20. The number of pyridine rings is 1.